The molecule has 3 amide bonds. The van der Waals surface area contributed by atoms with Gasteiger partial charge in [0.1, 0.15) is 0 Å². The average Bonchev–Trinajstić information content (AvgIpc) is 3.38. The molecule has 3 N–H and O–H groups in total. The number of amides is 3. The van der Waals surface area contributed by atoms with Gasteiger partial charge in [-0.1, -0.05) is 0 Å². The van der Waals surface area contributed by atoms with E-state index < -0.39 is 0 Å². The zero-order chi connectivity index (χ0) is 20.5. The average molecular weight is 400 g/mol. The first-order valence-electron chi connectivity index (χ1n) is 9.27. The van der Waals surface area contributed by atoms with Gasteiger partial charge in [-0.15, -0.1) is 11.3 Å². The molecule has 1 aliphatic rings. The second-order valence-corrected chi connectivity index (χ2v) is 9.17. The second kappa shape index (κ2) is 7.75. The molecule has 6 nitrogen and oxygen atoms in total. The first-order chi connectivity index (χ1) is 13.1. The zero-order valence-corrected chi connectivity index (χ0v) is 17.3. The summed E-state index contributed by atoms with van der Waals surface area (Å²) in [5.41, 5.74) is 1.64. The van der Waals surface area contributed by atoms with Crippen molar-refractivity contribution in [1.82, 2.24) is 5.32 Å². The van der Waals surface area contributed by atoms with Crippen LogP contribution in [0.25, 0.3) is 0 Å². The SMILES string of the molecule is Cc1cc(NC(=O)C2CC2)sc1C(=O)Nc1ccc(C(=O)NC(C)(C)C)cc1. The van der Waals surface area contributed by atoms with E-state index in [2.05, 4.69) is 16.0 Å². The van der Waals surface area contributed by atoms with Crippen LogP contribution < -0.4 is 16.0 Å². The first kappa shape index (κ1) is 20.1. The highest BCUT2D eigenvalue weighted by Crippen LogP contribution is 2.33. The van der Waals surface area contributed by atoms with Crippen molar-refractivity contribution in [2.75, 3.05) is 10.6 Å². The van der Waals surface area contributed by atoms with E-state index in [1.54, 1.807) is 24.3 Å². The molecule has 0 saturated heterocycles. The maximum Gasteiger partial charge on any atom is 0.266 e. The van der Waals surface area contributed by atoms with E-state index in [0.29, 0.717) is 21.1 Å². The molecule has 1 heterocycles. The minimum Gasteiger partial charge on any atom is -0.347 e. The molecule has 2 aromatic rings. The number of thiophene rings is 1. The second-order valence-electron chi connectivity index (χ2n) is 8.12. The topological polar surface area (TPSA) is 87.3 Å². The molecule has 1 aromatic carbocycles. The van der Waals surface area contributed by atoms with Crippen molar-refractivity contribution in [3.05, 3.63) is 46.3 Å². The minimum absolute atomic E-state index is 0.0253. The van der Waals surface area contributed by atoms with Crippen LogP contribution in [-0.4, -0.2) is 23.3 Å². The van der Waals surface area contributed by atoms with Crippen LogP contribution in [-0.2, 0) is 4.79 Å². The molecule has 0 radical (unpaired) electrons. The highest BCUT2D eigenvalue weighted by molar-refractivity contribution is 7.18. The Morgan fingerprint density at radius 2 is 1.64 bits per heavy atom. The first-order valence-corrected chi connectivity index (χ1v) is 10.1. The van der Waals surface area contributed by atoms with E-state index >= 15 is 0 Å². The Bertz CT molecular complexity index is 906. The predicted molar refractivity (Wildman–Crippen MR) is 112 cm³/mol. The number of benzene rings is 1. The molecular formula is C21H25N3O3S. The van der Waals surface area contributed by atoms with Gasteiger partial charge >= 0.3 is 0 Å². The van der Waals surface area contributed by atoms with Crippen LogP contribution in [0, 0.1) is 12.8 Å². The Kier molecular flexibility index (Phi) is 5.56. The van der Waals surface area contributed by atoms with Crippen molar-refractivity contribution in [2.24, 2.45) is 5.92 Å². The number of hydrogen-bond acceptors (Lipinski definition) is 4. The van der Waals surface area contributed by atoms with E-state index in [-0.39, 0.29) is 29.2 Å². The normalized spacial score (nSPS) is 13.7. The fraction of sp³-hybridized carbons (Fsp3) is 0.381. The molecule has 0 unspecified atom stereocenters. The fourth-order valence-corrected chi connectivity index (χ4v) is 3.61. The summed E-state index contributed by atoms with van der Waals surface area (Å²) >= 11 is 1.27. The molecule has 0 spiro atoms. The number of carbonyl (C=O) groups is 3. The summed E-state index contributed by atoms with van der Waals surface area (Å²) in [5, 5.41) is 9.31. The molecule has 0 bridgehead atoms. The molecule has 1 saturated carbocycles. The van der Waals surface area contributed by atoms with Crippen LogP contribution in [0.5, 0.6) is 0 Å². The van der Waals surface area contributed by atoms with E-state index in [9.17, 15) is 14.4 Å². The highest BCUT2D eigenvalue weighted by atomic mass is 32.1. The maximum absolute atomic E-state index is 12.6. The van der Waals surface area contributed by atoms with Gasteiger partial charge in [0.05, 0.1) is 9.88 Å². The smallest absolute Gasteiger partial charge is 0.266 e. The summed E-state index contributed by atoms with van der Waals surface area (Å²) in [6.45, 7) is 7.61. The summed E-state index contributed by atoms with van der Waals surface area (Å²) in [6, 6.07) is 8.58. The Morgan fingerprint density at radius 3 is 2.21 bits per heavy atom. The molecule has 3 rings (SSSR count). The van der Waals surface area contributed by atoms with Crippen LogP contribution in [0.2, 0.25) is 0 Å². The quantitative estimate of drug-likeness (QED) is 0.705. The Labute approximate surface area is 168 Å². The van der Waals surface area contributed by atoms with Crippen LogP contribution in [0.3, 0.4) is 0 Å². The number of hydrogen-bond donors (Lipinski definition) is 3. The summed E-state index contributed by atoms with van der Waals surface area (Å²) < 4.78 is 0. The fourth-order valence-electron chi connectivity index (χ4n) is 2.64. The van der Waals surface area contributed by atoms with Crippen LogP contribution in [0.1, 0.15) is 59.2 Å². The van der Waals surface area contributed by atoms with Crippen molar-refractivity contribution < 1.29 is 14.4 Å². The molecule has 148 valence electrons. The minimum atomic E-state index is -0.312. The van der Waals surface area contributed by atoms with Gasteiger partial charge < -0.3 is 16.0 Å². The molecule has 0 aliphatic heterocycles. The van der Waals surface area contributed by atoms with E-state index in [1.165, 1.54) is 11.3 Å². The lowest BCUT2D eigenvalue weighted by Gasteiger charge is -2.20. The lowest BCUT2D eigenvalue weighted by Crippen LogP contribution is -2.40. The third kappa shape index (κ3) is 5.19. The number of aryl methyl sites for hydroxylation is 1. The third-order valence-corrected chi connectivity index (χ3v) is 5.36. The third-order valence-electron chi connectivity index (χ3n) is 4.21. The van der Waals surface area contributed by atoms with Gasteiger partial charge in [-0.25, -0.2) is 0 Å². The number of rotatable bonds is 5. The van der Waals surface area contributed by atoms with Crippen molar-refractivity contribution >= 4 is 39.7 Å². The largest absolute Gasteiger partial charge is 0.347 e. The lowest BCUT2D eigenvalue weighted by atomic mass is 10.1. The lowest BCUT2D eigenvalue weighted by molar-refractivity contribution is -0.117. The van der Waals surface area contributed by atoms with Gasteiger partial charge in [-0.3, -0.25) is 14.4 Å². The number of nitrogens with one attached hydrogen (secondary N) is 3. The summed E-state index contributed by atoms with van der Waals surface area (Å²) in [6.07, 6.45) is 1.88. The molecule has 7 heteroatoms. The van der Waals surface area contributed by atoms with Crippen molar-refractivity contribution in [3.63, 3.8) is 0 Å². The van der Waals surface area contributed by atoms with Crippen LogP contribution in [0.4, 0.5) is 10.7 Å². The Hall–Kier alpha value is -2.67. The molecule has 1 aliphatic carbocycles. The molecule has 1 aromatic heterocycles. The monoisotopic (exact) mass is 399 g/mol. The molecule has 1 fully saturated rings. The standard InChI is InChI=1S/C21H25N3O3S/c1-12-11-16(23-18(25)13-5-6-13)28-17(12)20(27)22-15-9-7-14(8-10-15)19(26)24-21(2,3)4/h7-11,13H,5-6H2,1-4H3,(H,22,27)(H,23,25)(H,24,26). The zero-order valence-electron chi connectivity index (χ0n) is 16.5. The van der Waals surface area contributed by atoms with E-state index in [1.807, 2.05) is 33.8 Å². The van der Waals surface area contributed by atoms with Crippen molar-refractivity contribution in [1.29, 1.82) is 0 Å². The van der Waals surface area contributed by atoms with Gasteiger partial charge in [0.15, 0.2) is 0 Å². The van der Waals surface area contributed by atoms with Gasteiger partial charge in [-0.05, 0) is 76.4 Å². The van der Waals surface area contributed by atoms with Gasteiger partial charge in [-0.2, -0.15) is 0 Å². The molecular weight excluding hydrogens is 374 g/mol. The molecule has 28 heavy (non-hydrogen) atoms. The van der Waals surface area contributed by atoms with Crippen molar-refractivity contribution in [2.45, 2.75) is 46.1 Å². The molecule has 0 atom stereocenters. The summed E-state index contributed by atoms with van der Waals surface area (Å²) in [7, 11) is 0. The Balaban J connectivity index is 1.63. The van der Waals surface area contributed by atoms with E-state index in [4.69, 9.17) is 0 Å². The Morgan fingerprint density at radius 1 is 1.00 bits per heavy atom. The maximum atomic E-state index is 12.6. The van der Waals surface area contributed by atoms with Gasteiger partial charge in [0.25, 0.3) is 11.8 Å². The summed E-state index contributed by atoms with van der Waals surface area (Å²) in [4.78, 5) is 37.2. The van der Waals surface area contributed by atoms with Crippen LogP contribution in [0.15, 0.2) is 30.3 Å². The number of carbonyl (C=O) groups excluding carboxylic acids is 3. The van der Waals surface area contributed by atoms with Crippen LogP contribution >= 0.6 is 11.3 Å². The predicted octanol–water partition coefficient (Wildman–Crippen LogP) is 4.19. The summed E-state index contributed by atoms with van der Waals surface area (Å²) in [5.74, 6) is -0.247. The highest BCUT2D eigenvalue weighted by Gasteiger charge is 2.30. The van der Waals surface area contributed by atoms with Crippen molar-refractivity contribution in [3.8, 4) is 0 Å². The van der Waals surface area contributed by atoms with Gasteiger partial charge in [0.2, 0.25) is 5.91 Å². The number of anilines is 2. The van der Waals surface area contributed by atoms with E-state index in [0.717, 1.165) is 18.4 Å². The van der Waals surface area contributed by atoms with Gasteiger partial charge in [0, 0.05) is 22.7 Å².